The second kappa shape index (κ2) is 5.30. The van der Waals surface area contributed by atoms with Crippen LogP contribution < -0.4 is 10.5 Å². The van der Waals surface area contributed by atoms with Gasteiger partial charge in [-0.3, -0.25) is 4.40 Å². The normalized spacial score (nSPS) is 10.9. The van der Waals surface area contributed by atoms with Crippen molar-refractivity contribution in [3.8, 4) is 5.75 Å². The number of fused-ring (bicyclic) bond motifs is 1. The summed E-state index contributed by atoms with van der Waals surface area (Å²) in [6.07, 6.45) is 2.72. The zero-order valence-corrected chi connectivity index (χ0v) is 11.3. The largest absolute Gasteiger partial charge is 0.497 e. The van der Waals surface area contributed by atoms with Crippen LogP contribution in [-0.4, -0.2) is 21.7 Å². The van der Waals surface area contributed by atoms with Gasteiger partial charge in [-0.2, -0.15) is 0 Å². The molecule has 0 fully saturated rings. The van der Waals surface area contributed by atoms with E-state index in [4.69, 9.17) is 10.5 Å². The first-order chi connectivity index (χ1) is 9.80. The van der Waals surface area contributed by atoms with Gasteiger partial charge in [0.2, 0.25) is 0 Å². The molecule has 0 bridgehead atoms. The molecule has 5 heteroatoms. The number of ether oxygens (including phenoxy) is 1. The topological polar surface area (TPSA) is 65.4 Å². The van der Waals surface area contributed by atoms with Gasteiger partial charge >= 0.3 is 0 Å². The van der Waals surface area contributed by atoms with E-state index in [0.717, 1.165) is 29.2 Å². The van der Waals surface area contributed by atoms with Crippen molar-refractivity contribution in [3.63, 3.8) is 0 Å². The monoisotopic (exact) mass is 268 g/mol. The Hall–Kier alpha value is -2.40. The number of nitrogens with two attached hydrogens (primary N) is 1. The van der Waals surface area contributed by atoms with E-state index in [9.17, 15) is 0 Å². The van der Waals surface area contributed by atoms with Gasteiger partial charge in [-0.1, -0.05) is 18.2 Å². The molecule has 1 aromatic carbocycles. The van der Waals surface area contributed by atoms with Gasteiger partial charge in [0.1, 0.15) is 11.6 Å². The van der Waals surface area contributed by atoms with Crippen LogP contribution in [0, 0.1) is 0 Å². The summed E-state index contributed by atoms with van der Waals surface area (Å²) in [5.41, 5.74) is 8.74. The molecule has 0 aliphatic rings. The van der Waals surface area contributed by atoms with Gasteiger partial charge in [0.25, 0.3) is 0 Å². The SMILES string of the molecule is COc1ccc(Cc2nnc3ccc(CN)cn23)cc1. The van der Waals surface area contributed by atoms with E-state index in [-0.39, 0.29) is 0 Å². The standard InChI is InChI=1S/C15H16N4O/c1-20-13-5-2-11(3-6-13)8-15-18-17-14-7-4-12(9-16)10-19(14)15/h2-7,10H,8-9,16H2,1H3. The van der Waals surface area contributed by atoms with Crippen molar-refractivity contribution in [3.05, 3.63) is 59.5 Å². The van der Waals surface area contributed by atoms with Gasteiger partial charge in [-0.15, -0.1) is 10.2 Å². The minimum Gasteiger partial charge on any atom is -0.497 e. The lowest BCUT2D eigenvalue weighted by Gasteiger charge is -2.04. The molecule has 2 aromatic heterocycles. The molecule has 0 amide bonds. The lowest BCUT2D eigenvalue weighted by molar-refractivity contribution is 0.414. The number of methoxy groups -OCH3 is 1. The Morgan fingerprint density at radius 3 is 2.50 bits per heavy atom. The molecule has 0 saturated heterocycles. The number of aromatic nitrogens is 3. The first-order valence-electron chi connectivity index (χ1n) is 6.45. The molecule has 102 valence electrons. The second-order valence-corrected chi connectivity index (χ2v) is 4.61. The van der Waals surface area contributed by atoms with Crippen LogP contribution in [0.4, 0.5) is 0 Å². The molecule has 3 aromatic rings. The van der Waals surface area contributed by atoms with Crippen molar-refractivity contribution in [1.82, 2.24) is 14.6 Å². The zero-order chi connectivity index (χ0) is 13.9. The molecule has 0 radical (unpaired) electrons. The maximum atomic E-state index is 5.68. The molecule has 5 nitrogen and oxygen atoms in total. The Kier molecular flexibility index (Phi) is 3.35. The van der Waals surface area contributed by atoms with Crippen molar-refractivity contribution >= 4 is 5.65 Å². The van der Waals surface area contributed by atoms with Crippen LogP contribution in [0.1, 0.15) is 17.0 Å². The van der Waals surface area contributed by atoms with Crippen LogP contribution in [0.5, 0.6) is 5.75 Å². The molecule has 2 heterocycles. The summed E-state index contributed by atoms with van der Waals surface area (Å²) < 4.78 is 7.15. The summed E-state index contributed by atoms with van der Waals surface area (Å²) in [5, 5.41) is 8.42. The van der Waals surface area contributed by atoms with E-state index in [1.54, 1.807) is 7.11 Å². The fraction of sp³-hybridized carbons (Fsp3) is 0.200. The fourth-order valence-corrected chi connectivity index (χ4v) is 2.15. The summed E-state index contributed by atoms with van der Waals surface area (Å²) in [6, 6.07) is 11.9. The van der Waals surface area contributed by atoms with Gasteiger partial charge in [0, 0.05) is 19.2 Å². The lowest BCUT2D eigenvalue weighted by atomic mass is 10.1. The fourth-order valence-electron chi connectivity index (χ4n) is 2.15. The Morgan fingerprint density at radius 2 is 1.80 bits per heavy atom. The Morgan fingerprint density at radius 1 is 1.05 bits per heavy atom. The smallest absolute Gasteiger partial charge is 0.160 e. The number of rotatable bonds is 4. The summed E-state index contributed by atoms with van der Waals surface area (Å²) in [5.74, 6) is 1.76. The highest BCUT2D eigenvalue weighted by Crippen LogP contribution is 2.15. The van der Waals surface area contributed by atoms with Crippen LogP contribution in [0.2, 0.25) is 0 Å². The minimum atomic E-state index is 0.510. The van der Waals surface area contributed by atoms with Crippen molar-refractivity contribution in [2.24, 2.45) is 5.73 Å². The van der Waals surface area contributed by atoms with Gasteiger partial charge in [0.05, 0.1) is 7.11 Å². The maximum Gasteiger partial charge on any atom is 0.160 e. The third kappa shape index (κ3) is 2.35. The third-order valence-electron chi connectivity index (χ3n) is 3.29. The van der Waals surface area contributed by atoms with Crippen LogP contribution >= 0.6 is 0 Å². The third-order valence-corrected chi connectivity index (χ3v) is 3.29. The lowest BCUT2D eigenvalue weighted by Crippen LogP contribution is -2.01. The first kappa shape index (κ1) is 12.6. The van der Waals surface area contributed by atoms with E-state index in [1.165, 1.54) is 5.56 Å². The molecule has 0 aliphatic heterocycles. The average molecular weight is 268 g/mol. The summed E-state index contributed by atoms with van der Waals surface area (Å²) in [4.78, 5) is 0. The predicted octanol–water partition coefficient (Wildman–Crippen LogP) is 1.79. The Labute approximate surface area is 117 Å². The maximum absolute atomic E-state index is 5.68. The minimum absolute atomic E-state index is 0.510. The number of benzene rings is 1. The summed E-state index contributed by atoms with van der Waals surface area (Å²) >= 11 is 0. The molecule has 0 spiro atoms. The van der Waals surface area contributed by atoms with E-state index in [1.807, 2.05) is 47.0 Å². The molecule has 0 saturated carbocycles. The molecule has 0 unspecified atom stereocenters. The number of nitrogens with zero attached hydrogens (tertiary/aromatic N) is 3. The van der Waals surface area contributed by atoms with Gasteiger partial charge in [-0.25, -0.2) is 0 Å². The molecular formula is C15H16N4O. The first-order valence-corrected chi connectivity index (χ1v) is 6.45. The van der Waals surface area contributed by atoms with Crippen molar-refractivity contribution in [2.75, 3.05) is 7.11 Å². The average Bonchev–Trinajstić information content (AvgIpc) is 2.90. The van der Waals surface area contributed by atoms with Crippen LogP contribution in [0.3, 0.4) is 0 Å². The number of pyridine rings is 1. The summed E-state index contributed by atoms with van der Waals surface area (Å²) in [6.45, 7) is 0.510. The molecule has 0 atom stereocenters. The van der Waals surface area contributed by atoms with Crippen molar-refractivity contribution < 1.29 is 4.74 Å². The van der Waals surface area contributed by atoms with Crippen molar-refractivity contribution in [2.45, 2.75) is 13.0 Å². The highest BCUT2D eigenvalue weighted by molar-refractivity contribution is 5.40. The van der Waals surface area contributed by atoms with E-state index in [0.29, 0.717) is 6.54 Å². The van der Waals surface area contributed by atoms with Gasteiger partial charge < -0.3 is 10.5 Å². The van der Waals surface area contributed by atoms with Crippen molar-refractivity contribution in [1.29, 1.82) is 0 Å². The predicted molar refractivity (Wildman–Crippen MR) is 76.7 cm³/mol. The Balaban J connectivity index is 1.93. The van der Waals surface area contributed by atoms with Gasteiger partial charge in [-0.05, 0) is 29.3 Å². The van der Waals surface area contributed by atoms with Crippen LogP contribution in [-0.2, 0) is 13.0 Å². The molecule has 3 rings (SSSR count). The quantitative estimate of drug-likeness (QED) is 0.783. The number of hydrogen-bond donors (Lipinski definition) is 1. The Bertz CT molecular complexity index is 718. The highest BCUT2D eigenvalue weighted by Gasteiger charge is 2.07. The summed E-state index contributed by atoms with van der Waals surface area (Å²) in [7, 11) is 1.66. The van der Waals surface area contributed by atoms with E-state index >= 15 is 0 Å². The molecular weight excluding hydrogens is 252 g/mol. The molecule has 2 N–H and O–H groups in total. The molecule has 20 heavy (non-hydrogen) atoms. The number of hydrogen-bond acceptors (Lipinski definition) is 4. The van der Waals surface area contributed by atoms with E-state index < -0.39 is 0 Å². The van der Waals surface area contributed by atoms with E-state index in [2.05, 4.69) is 10.2 Å². The zero-order valence-electron chi connectivity index (χ0n) is 11.3. The van der Waals surface area contributed by atoms with Crippen LogP contribution in [0.15, 0.2) is 42.6 Å². The van der Waals surface area contributed by atoms with Gasteiger partial charge in [0.15, 0.2) is 5.65 Å². The highest BCUT2D eigenvalue weighted by atomic mass is 16.5. The molecule has 0 aliphatic carbocycles. The van der Waals surface area contributed by atoms with Crippen LogP contribution in [0.25, 0.3) is 5.65 Å². The second-order valence-electron chi connectivity index (χ2n) is 4.61.